The Kier molecular flexibility index (Phi) is 5.61. The van der Waals surface area contributed by atoms with Crippen LogP contribution in [0.1, 0.15) is 18.4 Å². The maximum atomic E-state index is 12.7. The van der Waals surface area contributed by atoms with E-state index >= 15 is 0 Å². The van der Waals surface area contributed by atoms with Crippen molar-refractivity contribution in [1.29, 1.82) is 0 Å². The molecule has 0 saturated carbocycles. The Bertz CT molecular complexity index is 375. The van der Waals surface area contributed by atoms with Gasteiger partial charge in [-0.05, 0) is 43.6 Å². The number of halogens is 1. The molecule has 0 atom stereocenters. The Hall–Kier alpha value is -1.13. The van der Waals surface area contributed by atoms with Gasteiger partial charge < -0.3 is 10.6 Å². The van der Waals surface area contributed by atoms with Gasteiger partial charge in [0.05, 0.1) is 0 Å². The number of alkyl halides is 1. The average molecular weight is 265 g/mol. The van der Waals surface area contributed by atoms with Crippen molar-refractivity contribution in [2.75, 3.05) is 44.2 Å². The molecule has 0 bridgehead atoms. The lowest BCUT2D eigenvalue weighted by molar-refractivity contribution is 0.253. The first-order valence-electron chi connectivity index (χ1n) is 7.16. The first kappa shape index (κ1) is 14.3. The van der Waals surface area contributed by atoms with Gasteiger partial charge in [0.15, 0.2) is 0 Å². The molecule has 0 aliphatic carbocycles. The van der Waals surface area contributed by atoms with Crippen LogP contribution in [-0.2, 0) is 6.67 Å². The van der Waals surface area contributed by atoms with Crippen molar-refractivity contribution in [3.8, 4) is 0 Å². The van der Waals surface area contributed by atoms with E-state index in [4.69, 9.17) is 5.73 Å². The second-order valence-electron chi connectivity index (χ2n) is 5.13. The highest BCUT2D eigenvalue weighted by Gasteiger charge is 2.16. The summed E-state index contributed by atoms with van der Waals surface area (Å²) in [5.41, 5.74) is 7.43. The van der Waals surface area contributed by atoms with Crippen LogP contribution in [0.25, 0.3) is 0 Å². The van der Waals surface area contributed by atoms with E-state index in [1.807, 2.05) is 18.2 Å². The average Bonchev–Trinajstić information content (AvgIpc) is 2.48. The van der Waals surface area contributed by atoms with Gasteiger partial charge in [0.1, 0.15) is 6.67 Å². The third-order valence-electron chi connectivity index (χ3n) is 3.73. The van der Waals surface area contributed by atoms with Gasteiger partial charge in [-0.1, -0.05) is 12.1 Å². The molecule has 1 heterocycles. The molecule has 1 aliphatic heterocycles. The largest absolute Gasteiger partial charge is 0.369 e. The molecule has 2 N–H and O–H groups in total. The molecule has 19 heavy (non-hydrogen) atoms. The fraction of sp³-hybridized carbons (Fsp3) is 0.600. The lowest BCUT2D eigenvalue weighted by Gasteiger charge is -2.36. The quantitative estimate of drug-likeness (QED) is 0.799. The maximum absolute atomic E-state index is 12.7. The predicted octanol–water partition coefficient (Wildman–Crippen LogP) is 2.02. The zero-order valence-corrected chi connectivity index (χ0v) is 11.5. The predicted molar refractivity (Wildman–Crippen MR) is 78.2 cm³/mol. The molecule has 0 aromatic heterocycles. The summed E-state index contributed by atoms with van der Waals surface area (Å²) in [6.45, 7) is 5.78. The fourth-order valence-corrected chi connectivity index (χ4v) is 2.55. The zero-order chi connectivity index (χ0) is 13.5. The minimum Gasteiger partial charge on any atom is -0.369 e. The highest BCUT2D eigenvalue weighted by molar-refractivity contribution is 5.49. The molecule has 1 fully saturated rings. The van der Waals surface area contributed by atoms with Crippen molar-refractivity contribution < 1.29 is 4.39 Å². The number of hydrogen-bond donors (Lipinski definition) is 1. The first-order chi connectivity index (χ1) is 9.33. The van der Waals surface area contributed by atoms with Crippen LogP contribution in [0.4, 0.5) is 10.1 Å². The topological polar surface area (TPSA) is 32.5 Å². The normalized spacial score (nSPS) is 16.8. The van der Waals surface area contributed by atoms with Gasteiger partial charge in [-0.3, -0.25) is 4.90 Å². The van der Waals surface area contributed by atoms with Crippen LogP contribution in [0.15, 0.2) is 24.3 Å². The minimum atomic E-state index is -0.382. The third-order valence-corrected chi connectivity index (χ3v) is 3.73. The Balaban J connectivity index is 1.82. The third kappa shape index (κ3) is 4.18. The van der Waals surface area contributed by atoms with Gasteiger partial charge in [-0.2, -0.15) is 0 Å². The van der Waals surface area contributed by atoms with Crippen molar-refractivity contribution >= 4 is 5.69 Å². The van der Waals surface area contributed by atoms with Gasteiger partial charge in [0.2, 0.25) is 0 Å². The molecule has 0 amide bonds. The molecule has 1 saturated heterocycles. The lowest BCUT2D eigenvalue weighted by Crippen LogP contribution is -2.46. The summed E-state index contributed by atoms with van der Waals surface area (Å²) >= 11 is 0. The van der Waals surface area contributed by atoms with E-state index in [2.05, 4.69) is 15.9 Å². The SMILES string of the molecule is NCCCCN1CCN(c2cccc(CF)c2)CC1. The van der Waals surface area contributed by atoms with Crippen LogP contribution in [0.2, 0.25) is 0 Å². The summed E-state index contributed by atoms with van der Waals surface area (Å²) in [5.74, 6) is 0. The molecule has 2 rings (SSSR count). The first-order valence-corrected chi connectivity index (χ1v) is 7.16. The van der Waals surface area contributed by atoms with Crippen LogP contribution in [0, 0.1) is 0 Å². The fourth-order valence-electron chi connectivity index (χ4n) is 2.55. The van der Waals surface area contributed by atoms with Gasteiger partial charge in [-0.15, -0.1) is 0 Å². The van der Waals surface area contributed by atoms with Gasteiger partial charge in [-0.25, -0.2) is 4.39 Å². The monoisotopic (exact) mass is 265 g/mol. The van der Waals surface area contributed by atoms with E-state index in [0.29, 0.717) is 0 Å². The molecule has 1 aliphatic rings. The van der Waals surface area contributed by atoms with E-state index in [-0.39, 0.29) is 6.67 Å². The Morgan fingerprint density at radius 1 is 1.11 bits per heavy atom. The number of anilines is 1. The standard InChI is InChI=1S/C15H24FN3/c16-13-14-4-3-5-15(12-14)19-10-8-18(9-11-19)7-2-1-6-17/h3-5,12H,1-2,6-11,13,17H2. The number of rotatable bonds is 6. The molecular weight excluding hydrogens is 241 g/mol. The second kappa shape index (κ2) is 7.46. The van der Waals surface area contributed by atoms with Gasteiger partial charge in [0, 0.05) is 31.9 Å². The zero-order valence-electron chi connectivity index (χ0n) is 11.5. The number of piperazine rings is 1. The number of benzene rings is 1. The second-order valence-corrected chi connectivity index (χ2v) is 5.13. The lowest BCUT2D eigenvalue weighted by atomic mass is 10.2. The van der Waals surface area contributed by atoms with Crippen LogP contribution >= 0.6 is 0 Å². The van der Waals surface area contributed by atoms with Crippen molar-refractivity contribution in [2.45, 2.75) is 19.5 Å². The van der Waals surface area contributed by atoms with E-state index in [1.165, 1.54) is 6.42 Å². The molecule has 1 aromatic carbocycles. The number of unbranched alkanes of at least 4 members (excludes halogenated alkanes) is 1. The summed E-state index contributed by atoms with van der Waals surface area (Å²) in [6.07, 6.45) is 2.30. The van der Waals surface area contributed by atoms with Crippen LogP contribution in [0.5, 0.6) is 0 Å². The summed E-state index contributed by atoms with van der Waals surface area (Å²) in [6, 6.07) is 7.82. The van der Waals surface area contributed by atoms with Gasteiger partial charge >= 0.3 is 0 Å². The molecule has 0 unspecified atom stereocenters. The van der Waals surface area contributed by atoms with E-state index in [0.717, 1.165) is 56.9 Å². The maximum Gasteiger partial charge on any atom is 0.115 e. The molecule has 0 spiro atoms. The Morgan fingerprint density at radius 3 is 2.58 bits per heavy atom. The van der Waals surface area contributed by atoms with Crippen molar-refractivity contribution in [3.05, 3.63) is 29.8 Å². The molecule has 3 nitrogen and oxygen atoms in total. The van der Waals surface area contributed by atoms with Crippen molar-refractivity contribution in [2.24, 2.45) is 5.73 Å². The molecular formula is C15H24FN3. The molecule has 0 radical (unpaired) electrons. The number of hydrogen-bond acceptors (Lipinski definition) is 3. The van der Waals surface area contributed by atoms with Crippen molar-refractivity contribution in [1.82, 2.24) is 4.90 Å². The van der Waals surface area contributed by atoms with Gasteiger partial charge in [0.25, 0.3) is 0 Å². The van der Waals surface area contributed by atoms with E-state index in [1.54, 1.807) is 0 Å². The number of nitrogens with zero attached hydrogens (tertiary/aromatic N) is 2. The summed E-state index contributed by atoms with van der Waals surface area (Å²) in [7, 11) is 0. The van der Waals surface area contributed by atoms with Crippen LogP contribution in [0.3, 0.4) is 0 Å². The highest BCUT2D eigenvalue weighted by atomic mass is 19.1. The van der Waals surface area contributed by atoms with E-state index in [9.17, 15) is 4.39 Å². The molecule has 1 aromatic rings. The van der Waals surface area contributed by atoms with Crippen LogP contribution < -0.4 is 10.6 Å². The summed E-state index contributed by atoms with van der Waals surface area (Å²) in [5, 5.41) is 0. The molecule has 4 heteroatoms. The minimum absolute atomic E-state index is 0.382. The number of nitrogens with two attached hydrogens (primary N) is 1. The Morgan fingerprint density at radius 2 is 1.89 bits per heavy atom. The van der Waals surface area contributed by atoms with Crippen LogP contribution in [-0.4, -0.2) is 44.2 Å². The highest BCUT2D eigenvalue weighted by Crippen LogP contribution is 2.18. The summed E-state index contributed by atoms with van der Waals surface area (Å²) < 4.78 is 12.7. The Labute approximate surface area is 115 Å². The molecule has 106 valence electrons. The van der Waals surface area contributed by atoms with E-state index < -0.39 is 0 Å². The van der Waals surface area contributed by atoms with Crippen molar-refractivity contribution in [3.63, 3.8) is 0 Å². The smallest absolute Gasteiger partial charge is 0.115 e. The summed E-state index contributed by atoms with van der Waals surface area (Å²) in [4.78, 5) is 4.84.